The normalized spacial score (nSPS) is 30.8. The summed E-state index contributed by atoms with van der Waals surface area (Å²) in [6.07, 6.45) is 0.899. The van der Waals surface area contributed by atoms with Crippen LogP contribution in [0, 0.1) is 0 Å². The van der Waals surface area contributed by atoms with E-state index in [4.69, 9.17) is 9.47 Å². The lowest BCUT2D eigenvalue weighted by molar-refractivity contribution is 0.0252. The first kappa shape index (κ1) is 15.5. The van der Waals surface area contributed by atoms with Gasteiger partial charge in [-0.1, -0.05) is 0 Å². The third-order valence-corrected chi connectivity index (χ3v) is 3.73. The second-order valence-corrected chi connectivity index (χ2v) is 6.62. The van der Waals surface area contributed by atoms with E-state index in [0.29, 0.717) is 19.1 Å². The second-order valence-electron chi connectivity index (χ2n) is 6.62. The molecule has 2 N–H and O–H groups in total. The van der Waals surface area contributed by atoms with E-state index in [-0.39, 0.29) is 18.2 Å². The lowest BCUT2D eigenvalue weighted by Gasteiger charge is -2.24. The molecule has 0 aromatic heterocycles. The fourth-order valence-corrected chi connectivity index (χ4v) is 2.75. The number of methoxy groups -OCH3 is 1. The number of ether oxygens (including phenoxy) is 2. The SMILES string of the molecule is CO[C@H]1CN(C(=O)OC(C)(C)C)CC1NC1CCNC1. The van der Waals surface area contributed by atoms with Gasteiger partial charge in [-0.3, -0.25) is 0 Å². The molecule has 2 rings (SSSR count). The minimum Gasteiger partial charge on any atom is -0.444 e. The molecule has 2 saturated heterocycles. The Morgan fingerprint density at radius 3 is 2.65 bits per heavy atom. The number of rotatable bonds is 3. The average Bonchev–Trinajstić information content (AvgIpc) is 2.96. The van der Waals surface area contributed by atoms with Gasteiger partial charge in [0.2, 0.25) is 0 Å². The second kappa shape index (κ2) is 6.28. The molecule has 6 nitrogen and oxygen atoms in total. The Bertz CT molecular complexity index is 337. The van der Waals surface area contributed by atoms with E-state index in [2.05, 4.69) is 10.6 Å². The maximum absolute atomic E-state index is 12.1. The van der Waals surface area contributed by atoms with E-state index in [1.165, 1.54) is 0 Å². The Morgan fingerprint density at radius 1 is 1.35 bits per heavy atom. The van der Waals surface area contributed by atoms with Gasteiger partial charge < -0.3 is 25.0 Å². The number of amides is 1. The van der Waals surface area contributed by atoms with Crippen LogP contribution in [0.3, 0.4) is 0 Å². The van der Waals surface area contributed by atoms with E-state index >= 15 is 0 Å². The van der Waals surface area contributed by atoms with Crippen LogP contribution in [0.1, 0.15) is 27.2 Å². The molecule has 0 aliphatic carbocycles. The minimum absolute atomic E-state index is 0.0307. The quantitative estimate of drug-likeness (QED) is 0.794. The molecule has 0 spiro atoms. The molecule has 1 amide bonds. The Kier molecular flexibility index (Phi) is 4.88. The van der Waals surface area contributed by atoms with Crippen molar-refractivity contribution in [3.05, 3.63) is 0 Å². The van der Waals surface area contributed by atoms with Crippen LogP contribution in [0.25, 0.3) is 0 Å². The van der Waals surface area contributed by atoms with E-state index in [9.17, 15) is 4.79 Å². The van der Waals surface area contributed by atoms with Gasteiger partial charge >= 0.3 is 6.09 Å². The summed E-state index contributed by atoms with van der Waals surface area (Å²) in [6, 6.07) is 0.647. The van der Waals surface area contributed by atoms with E-state index in [1.807, 2.05) is 20.8 Å². The number of hydrogen-bond acceptors (Lipinski definition) is 5. The zero-order chi connectivity index (χ0) is 14.8. The number of carbonyl (C=O) groups excluding carboxylic acids is 1. The monoisotopic (exact) mass is 285 g/mol. The molecule has 0 radical (unpaired) electrons. The van der Waals surface area contributed by atoms with Crippen LogP contribution < -0.4 is 10.6 Å². The number of hydrogen-bond donors (Lipinski definition) is 2. The van der Waals surface area contributed by atoms with Crippen molar-refractivity contribution in [2.24, 2.45) is 0 Å². The summed E-state index contributed by atoms with van der Waals surface area (Å²) in [4.78, 5) is 13.8. The molecule has 20 heavy (non-hydrogen) atoms. The van der Waals surface area contributed by atoms with Crippen molar-refractivity contribution in [2.45, 2.75) is 51.0 Å². The molecule has 116 valence electrons. The predicted octanol–water partition coefficient (Wildman–Crippen LogP) is 0.572. The lowest BCUT2D eigenvalue weighted by Crippen LogP contribution is -2.46. The van der Waals surface area contributed by atoms with Crippen LogP contribution in [0.5, 0.6) is 0 Å². The molecular weight excluding hydrogens is 258 g/mol. The highest BCUT2D eigenvalue weighted by Gasteiger charge is 2.38. The Balaban J connectivity index is 1.89. The Hall–Kier alpha value is -0.850. The first-order chi connectivity index (χ1) is 9.39. The fourth-order valence-electron chi connectivity index (χ4n) is 2.75. The van der Waals surface area contributed by atoms with Gasteiger partial charge in [-0.2, -0.15) is 0 Å². The zero-order valence-electron chi connectivity index (χ0n) is 12.9. The van der Waals surface area contributed by atoms with Crippen LogP contribution >= 0.6 is 0 Å². The van der Waals surface area contributed by atoms with Crippen LogP contribution in [0.2, 0.25) is 0 Å². The highest BCUT2D eigenvalue weighted by atomic mass is 16.6. The first-order valence-corrected chi connectivity index (χ1v) is 7.36. The molecular formula is C14H27N3O3. The standard InChI is InChI=1S/C14H27N3O3/c1-14(2,3)20-13(18)17-8-11(12(9-17)19-4)16-10-5-6-15-7-10/h10-12,15-16H,5-9H2,1-4H3/t10?,11?,12-/m0/s1. The summed E-state index contributed by atoms with van der Waals surface area (Å²) < 4.78 is 10.9. The molecule has 2 aliphatic rings. The summed E-state index contributed by atoms with van der Waals surface area (Å²) in [5.41, 5.74) is -0.458. The van der Waals surface area contributed by atoms with E-state index in [1.54, 1.807) is 12.0 Å². The molecule has 0 aromatic carbocycles. The van der Waals surface area contributed by atoms with Gasteiger partial charge in [0.1, 0.15) is 5.60 Å². The molecule has 2 aliphatic heterocycles. The highest BCUT2D eigenvalue weighted by Crippen LogP contribution is 2.18. The van der Waals surface area contributed by atoms with Crippen molar-refractivity contribution in [1.29, 1.82) is 0 Å². The van der Waals surface area contributed by atoms with Gasteiger partial charge in [0.25, 0.3) is 0 Å². The molecule has 3 atom stereocenters. The van der Waals surface area contributed by atoms with E-state index in [0.717, 1.165) is 19.5 Å². The van der Waals surface area contributed by atoms with Crippen molar-refractivity contribution in [2.75, 3.05) is 33.3 Å². The van der Waals surface area contributed by atoms with Gasteiger partial charge in [-0.15, -0.1) is 0 Å². The average molecular weight is 285 g/mol. The number of nitrogens with one attached hydrogen (secondary N) is 2. The van der Waals surface area contributed by atoms with Crippen molar-refractivity contribution in [3.63, 3.8) is 0 Å². The van der Waals surface area contributed by atoms with Crippen LogP contribution in [-0.2, 0) is 9.47 Å². The predicted molar refractivity (Wildman–Crippen MR) is 76.8 cm³/mol. The Labute approximate surface area is 121 Å². The maximum Gasteiger partial charge on any atom is 0.410 e. The van der Waals surface area contributed by atoms with Gasteiger partial charge in [-0.25, -0.2) is 4.79 Å². The smallest absolute Gasteiger partial charge is 0.410 e. The van der Waals surface area contributed by atoms with Gasteiger partial charge in [0, 0.05) is 26.2 Å². The maximum atomic E-state index is 12.1. The minimum atomic E-state index is -0.458. The van der Waals surface area contributed by atoms with Crippen LogP contribution in [0.15, 0.2) is 0 Å². The zero-order valence-corrected chi connectivity index (χ0v) is 12.9. The summed E-state index contributed by atoms with van der Waals surface area (Å²) in [7, 11) is 1.70. The van der Waals surface area contributed by atoms with Crippen molar-refractivity contribution < 1.29 is 14.3 Å². The molecule has 0 aromatic rings. The summed E-state index contributed by atoms with van der Waals surface area (Å²) in [5.74, 6) is 0. The third kappa shape index (κ3) is 4.07. The van der Waals surface area contributed by atoms with Crippen molar-refractivity contribution in [1.82, 2.24) is 15.5 Å². The van der Waals surface area contributed by atoms with Crippen molar-refractivity contribution in [3.8, 4) is 0 Å². The fraction of sp³-hybridized carbons (Fsp3) is 0.929. The molecule has 2 unspecified atom stereocenters. The molecule has 2 heterocycles. The summed E-state index contributed by atoms with van der Waals surface area (Å²) in [6.45, 7) is 8.92. The van der Waals surface area contributed by atoms with Gasteiger partial charge in [0.15, 0.2) is 0 Å². The van der Waals surface area contributed by atoms with Crippen LogP contribution in [0.4, 0.5) is 4.79 Å². The first-order valence-electron chi connectivity index (χ1n) is 7.36. The topological polar surface area (TPSA) is 62.8 Å². The number of likely N-dealkylation sites (tertiary alicyclic amines) is 1. The number of carbonyl (C=O) groups is 1. The largest absolute Gasteiger partial charge is 0.444 e. The Morgan fingerprint density at radius 2 is 2.10 bits per heavy atom. The number of nitrogens with zero attached hydrogens (tertiary/aromatic N) is 1. The van der Waals surface area contributed by atoms with Gasteiger partial charge in [0.05, 0.1) is 18.7 Å². The third-order valence-electron chi connectivity index (χ3n) is 3.73. The molecule has 6 heteroatoms. The summed E-state index contributed by atoms with van der Waals surface area (Å²) >= 11 is 0. The lowest BCUT2D eigenvalue weighted by atomic mass is 10.1. The van der Waals surface area contributed by atoms with E-state index < -0.39 is 5.60 Å². The summed E-state index contributed by atoms with van der Waals surface area (Å²) in [5, 5.41) is 6.93. The molecule has 0 bridgehead atoms. The highest BCUT2D eigenvalue weighted by molar-refractivity contribution is 5.68. The molecule has 2 fully saturated rings. The van der Waals surface area contributed by atoms with Gasteiger partial charge in [-0.05, 0) is 33.7 Å². The molecule has 0 saturated carbocycles. The van der Waals surface area contributed by atoms with Crippen LogP contribution in [-0.4, -0.2) is 68.1 Å². The van der Waals surface area contributed by atoms with Crippen molar-refractivity contribution >= 4 is 6.09 Å².